The molecule has 2 saturated heterocycles. The normalized spacial score (nSPS) is 22.1. The number of carboxylic acids is 1. The molecule has 1 aromatic carbocycles. The van der Waals surface area contributed by atoms with Gasteiger partial charge in [-0.2, -0.15) is 5.10 Å². The number of carbonyl (C=O) groups is 2. The largest absolute Gasteiger partial charge is 0.481 e. The van der Waals surface area contributed by atoms with Gasteiger partial charge in [0.25, 0.3) is 0 Å². The van der Waals surface area contributed by atoms with Crippen LogP contribution in [0.4, 0.5) is 4.39 Å². The molecule has 148 valence electrons. The summed E-state index contributed by atoms with van der Waals surface area (Å²) in [5.74, 6) is -1.88. The van der Waals surface area contributed by atoms with Crippen LogP contribution in [0.3, 0.4) is 0 Å². The van der Waals surface area contributed by atoms with Crippen LogP contribution in [0.25, 0.3) is 5.69 Å². The molecule has 1 amide bonds. The summed E-state index contributed by atoms with van der Waals surface area (Å²) in [7, 11) is 1.73. The first-order valence-corrected chi connectivity index (χ1v) is 9.40. The van der Waals surface area contributed by atoms with Crippen molar-refractivity contribution in [1.29, 1.82) is 0 Å². The van der Waals surface area contributed by atoms with Gasteiger partial charge in [-0.05, 0) is 37.1 Å². The van der Waals surface area contributed by atoms with Gasteiger partial charge in [-0.15, -0.1) is 0 Å². The van der Waals surface area contributed by atoms with Gasteiger partial charge in [-0.25, -0.2) is 9.07 Å². The van der Waals surface area contributed by atoms with Crippen LogP contribution >= 0.6 is 0 Å². The highest BCUT2D eigenvalue weighted by Gasteiger charge is 2.55. The lowest BCUT2D eigenvalue weighted by Gasteiger charge is -2.45. The van der Waals surface area contributed by atoms with E-state index in [-0.39, 0.29) is 18.1 Å². The summed E-state index contributed by atoms with van der Waals surface area (Å²) < 4.78 is 14.8. The van der Waals surface area contributed by atoms with Gasteiger partial charge >= 0.3 is 5.97 Å². The fourth-order valence-electron chi connectivity index (χ4n) is 4.52. The Labute approximate surface area is 162 Å². The Bertz CT molecular complexity index is 887. The Hall–Kier alpha value is -2.74. The van der Waals surface area contributed by atoms with E-state index in [1.54, 1.807) is 35.0 Å². The maximum Gasteiger partial charge on any atom is 0.309 e. The predicted molar refractivity (Wildman–Crippen MR) is 99.3 cm³/mol. The number of amides is 1. The lowest BCUT2D eigenvalue weighted by Crippen LogP contribution is -2.55. The van der Waals surface area contributed by atoms with Crippen molar-refractivity contribution in [3.63, 3.8) is 0 Å². The van der Waals surface area contributed by atoms with Crippen molar-refractivity contribution in [3.8, 4) is 5.69 Å². The number of benzene rings is 1. The van der Waals surface area contributed by atoms with Crippen molar-refractivity contribution in [2.24, 2.45) is 5.92 Å². The number of aliphatic carboxylic acids is 1. The molecule has 4 rings (SSSR count). The number of hydrogen-bond donors (Lipinski definition) is 1. The third kappa shape index (κ3) is 3.17. The highest BCUT2D eigenvalue weighted by Crippen LogP contribution is 2.43. The summed E-state index contributed by atoms with van der Waals surface area (Å²) in [6.07, 6.45) is 5.11. The first-order chi connectivity index (χ1) is 13.4. The highest BCUT2D eigenvalue weighted by molar-refractivity contribution is 5.88. The Morgan fingerprint density at radius 2 is 1.96 bits per heavy atom. The molecule has 1 N–H and O–H groups in total. The molecule has 7 nitrogen and oxygen atoms in total. The molecule has 2 aliphatic heterocycles. The molecule has 8 heteroatoms. The van der Waals surface area contributed by atoms with E-state index in [0.29, 0.717) is 19.4 Å². The van der Waals surface area contributed by atoms with E-state index in [1.807, 2.05) is 6.20 Å². The van der Waals surface area contributed by atoms with Crippen molar-refractivity contribution < 1.29 is 19.1 Å². The lowest BCUT2D eigenvalue weighted by atomic mass is 9.77. The molecular formula is C20H23FN4O3. The van der Waals surface area contributed by atoms with Crippen molar-refractivity contribution >= 4 is 11.9 Å². The summed E-state index contributed by atoms with van der Waals surface area (Å²) >= 11 is 0. The van der Waals surface area contributed by atoms with Crippen LogP contribution in [0.1, 0.15) is 24.8 Å². The molecular weight excluding hydrogens is 363 g/mol. The van der Waals surface area contributed by atoms with Crippen LogP contribution in [-0.2, 0) is 16.1 Å². The summed E-state index contributed by atoms with van der Waals surface area (Å²) in [5, 5.41) is 13.9. The van der Waals surface area contributed by atoms with E-state index in [9.17, 15) is 19.1 Å². The third-order valence-corrected chi connectivity index (χ3v) is 6.22. The second-order valence-corrected chi connectivity index (χ2v) is 7.70. The van der Waals surface area contributed by atoms with E-state index < -0.39 is 17.4 Å². The predicted octanol–water partition coefficient (Wildman–Crippen LogP) is 1.91. The number of likely N-dealkylation sites (tertiary alicyclic amines) is 2. The molecule has 2 fully saturated rings. The van der Waals surface area contributed by atoms with Crippen LogP contribution in [0.5, 0.6) is 0 Å². The molecule has 1 spiro atoms. The van der Waals surface area contributed by atoms with Crippen molar-refractivity contribution in [3.05, 3.63) is 48.0 Å². The molecule has 3 heterocycles. The third-order valence-electron chi connectivity index (χ3n) is 6.22. The average Bonchev–Trinajstić information content (AvgIpc) is 3.23. The number of halogens is 1. The molecule has 28 heavy (non-hydrogen) atoms. The van der Waals surface area contributed by atoms with Crippen LogP contribution in [0.2, 0.25) is 0 Å². The van der Waals surface area contributed by atoms with E-state index >= 15 is 0 Å². The van der Waals surface area contributed by atoms with Gasteiger partial charge in [0.2, 0.25) is 5.91 Å². The van der Waals surface area contributed by atoms with Gasteiger partial charge < -0.3 is 10.0 Å². The van der Waals surface area contributed by atoms with E-state index in [0.717, 1.165) is 24.3 Å². The number of aromatic nitrogens is 2. The van der Waals surface area contributed by atoms with Crippen molar-refractivity contribution in [1.82, 2.24) is 19.6 Å². The SMILES string of the molecule is CN1C(=O)C[C@H](C(=O)O)C12CCN(Cc1cnn(-c3ccc(F)cc3)c1)CC2. The molecule has 0 saturated carbocycles. The number of piperidine rings is 1. The van der Waals surface area contributed by atoms with Crippen molar-refractivity contribution in [2.45, 2.75) is 31.3 Å². The van der Waals surface area contributed by atoms with E-state index in [4.69, 9.17) is 0 Å². The molecule has 1 atom stereocenters. The number of rotatable bonds is 4. The molecule has 2 aliphatic rings. The van der Waals surface area contributed by atoms with Crippen LogP contribution in [0, 0.1) is 11.7 Å². The first kappa shape index (κ1) is 18.6. The Balaban J connectivity index is 1.42. The number of nitrogens with zero attached hydrogens (tertiary/aromatic N) is 4. The molecule has 0 radical (unpaired) electrons. The minimum atomic E-state index is -0.883. The molecule has 1 aromatic heterocycles. The zero-order valence-corrected chi connectivity index (χ0v) is 15.7. The second kappa shape index (κ2) is 7.01. The van der Waals surface area contributed by atoms with E-state index in [1.165, 1.54) is 12.1 Å². The van der Waals surface area contributed by atoms with Crippen LogP contribution in [-0.4, -0.2) is 62.2 Å². The molecule has 2 aromatic rings. The minimum Gasteiger partial charge on any atom is -0.481 e. The minimum absolute atomic E-state index is 0.0820. The summed E-state index contributed by atoms with van der Waals surface area (Å²) in [5.41, 5.74) is 1.25. The highest BCUT2D eigenvalue weighted by atomic mass is 19.1. The number of carbonyl (C=O) groups excluding carboxylic acids is 1. The standard InChI is InChI=1S/C20H23FN4O3/c1-23-18(26)10-17(19(27)28)20(23)6-8-24(9-7-20)12-14-11-22-25(13-14)16-4-2-15(21)3-5-16/h2-5,11,13,17H,6-10,12H2,1H3,(H,27,28)/t17-/m1/s1. The number of carboxylic acid groups (broad SMARTS) is 1. The van der Waals surface area contributed by atoms with Gasteiger partial charge in [-0.3, -0.25) is 14.5 Å². The lowest BCUT2D eigenvalue weighted by molar-refractivity contribution is -0.146. The maximum atomic E-state index is 13.1. The topological polar surface area (TPSA) is 78.7 Å². The summed E-state index contributed by atoms with van der Waals surface area (Å²) in [6, 6.07) is 6.16. The van der Waals surface area contributed by atoms with Gasteiger partial charge in [0, 0.05) is 44.9 Å². The average molecular weight is 386 g/mol. The van der Waals surface area contributed by atoms with Gasteiger partial charge in [-0.1, -0.05) is 0 Å². The van der Waals surface area contributed by atoms with Crippen molar-refractivity contribution in [2.75, 3.05) is 20.1 Å². The van der Waals surface area contributed by atoms with Gasteiger partial charge in [0.15, 0.2) is 0 Å². The van der Waals surface area contributed by atoms with Crippen LogP contribution in [0.15, 0.2) is 36.7 Å². The Morgan fingerprint density at radius 1 is 1.29 bits per heavy atom. The summed E-state index contributed by atoms with van der Waals surface area (Å²) in [4.78, 5) is 27.7. The zero-order valence-electron chi connectivity index (χ0n) is 15.7. The second-order valence-electron chi connectivity index (χ2n) is 7.70. The van der Waals surface area contributed by atoms with Gasteiger partial charge in [0.05, 0.1) is 23.3 Å². The number of hydrogen-bond acceptors (Lipinski definition) is 4. The molecule has 0 aliphatic carbocycles. The quantitative estimate of drug-likeness (QED) is 0.869. The van der Waals surface area contributed by atoms with Gasteiger partial charge in [0.1, 0.15) is 5.82 Å². The van der Waals surface area contributed by atoms with E-state index in [2.05, 4.69) is 10.00 Å². The Morgan fingerprint density at radius 3 is 2.61 bits per heavy atom. The fourth-order valence-corrected chi connectivity index (χ4v) is 4.52. The molecule has 0 unspecified atom stereocenters. The zero-order chi connectivity index (χ0) is 19.9. The summed E-state index contributed by atoms with van der Waals surface area (Å²) in [6.45, 7) is 2.15. The monoisotopic (exact) mass is 386 g/mol. The molecule has 0 bridgehead atoms. The van der Waals surface area contributed by atoms with Crippen LogP contribution < -0.4 is 0 Å². The first-order valence-electron chi connectivity index (χ1n) is 9.40. The Kier molecular flexibility index (Phi) is 4.66. The smallest absolute Gasteiger partial charge is 0.309 e. The maximum absolute atomic E-state index is 13.1. The fraction of sp³-hybridized carbons (Fsp3) is 0.450.